The highest BCUT2D eigenvalue weighted by atomic mass is 16.2. The van der Waals surface area contributed by atoms with Crippen LogP contribution in [0.25, 0.3) is 0 Å². The Morgan fingerprint density at radius 1 is 1.07 bits per heavy atom. The maximum absolute atomic E-state index is 12.2. The van der Waals surface area contributed by atoms with Crippen molar-refractivity contribution in [3.63, 3.8) is 0 Å². The Labute approximate surface area is 162 Å². The Hall–Kier alpha value is -2.08. The third kappa shape index (κ3) is 5.45. The molecule has 2 amide bonds. The molecule has 6 nitrogen and oxygen atoms in total. The highest BCUT2D eigenvalue weighted by Gasteiger charge is 2.19. The Kier molecular flexibility index (Phi) is 6.72. The molecule has 0 radical (unpaired) electrons. The smallest absolute Gasteiger partial charge is 0.223 e. The van der Waals surface area contributed by atoms with Crippen LogP contribution in [0.4, 0.5) is 11.4 Å². The number of hydrogen-bond acceptors (Lipinski definition) is 4. The van der Waals surface area contributed by atoms with Crippen LogP contribution >= 0.6 is 0 Å². The van der Waals surface area contributed by atoms with Crippen molar-refractivity contribution in [3.05, 3.63) is 24.3 Å². The third-order valence-electron chi connectivity index (χ3n) is 5.69. The first kappa shape index (κ1) is 19.7. The predicted molar refractivity (Wildman–Crippen MR) is 109 cm³/mol. The molecule has 1 aromatic rings. The lowest BCUT2D eigenvalue weighted by atomic mass is 10.2. The molecule has 3 rings (SSSR count). The second kappa shape index (κ2) is 9.22. The first-order valence-electron chi connectivity index (χ1n) is 10.1. The molecule has 1 aliphatic carbocycles. The Morgan fingerprint density at radius 2 is 1.70 bits per heavy atom. The summed E-state index contributed by atoms with van der Waals surface area (Å²) in [5.41, 5.74) is 2.04. The Balaban J connectivity index is 1.55. The summed E-state index contributed by atoms with van der Waals surface area (Å²) in [6, 6.07) is 8.46. The number of benzene rings is 1. The van der Waals surface area contributed by atoms with E-state index in [-0.39, 0.29) is 11.8 Å². The molecule has 1 aromatic carbocycles. The topological polar surface area (TPSA) is 55.9 Å². The van der Waals surface area contributed by atoms with E-state index in [1.165, 1.54) is 18.5 Å². The number of carbonyl (C=O) groups is 2. The average Bonchev–Trinajstić information content (AvgIpc) is 3.16. The quantitative estimate of drug-likeness (QED) is 0.832. The van der Waals surface area contributed by atoms with Crippen LogP contribution in [0.2, 0.25) is 0 Å². The molecule has 1 aliphatic heterocycles. The first-order chi connectivity index (χ1) is 13.0. The van der Waals surface area contributed by atoms with Gasteiger partial charge in [0.25, 0.3) is 0 Å². The Bertz CT molecular complexity index is 632. The highest BCUT2D eigenvalue weighted by molar-refractivity contribution is 5.92. The van der Waals surface area contributed by atoms with Crippen LogP contribution in [0.15, 0.2) is 24.3 Å². The predicted octanol–water partition coefficient (Wildman–Crippen LogP) is 2.24. The normalized spacial score (nSPS) is 18.5. The Morgan fingerprint density at radius 3 is 2.30 bits per heavy atom. The van der Waals surface area contributed by atoms with Gasteiger partial charge in [-0.05, 0) is 44.2 Å². The number of nitrogens with zero attached hydrogens (tertiary/aromatic N) is 3. The van der Waals surface area contributed by atoms with Gasteiger partial charge in [0.05, 0.1) is 0 Å². The maximum Gasteiger partial charge on any atom is 0.223 e. The first-order valence-corrected chi connectivity index (χ1v) is 10.1. The third-order valence-corrected chi connectivity index (χ3v) is 5.69. The molecule has 0 atom stereocenters. The summed E-state index contributed by atoms with van der Waals surface area (Å²) in [5.74, 6) is 0.0122. The lowest BCUT2D eigenvalue weighted by molar-refractivity contribution is -0.121. The number of likely N-dealkylation sites (N-methyl/N-ethyl adjacent to an activating group) is 1. The van der Waals surface area contributed by atoms with E-state index in [9.17, 15) is 9.59 Å². The van der Waals surface area contributed by atoms with Crippen LogP contribution in [0, 0.1) is 0 Å². The van der Waals surface area contributed by atoms with Gasteiger partial charge in [0.2, 0.25) is 11.8 Å². The van der Waals surface area contributed by atoms with E-state index in [2.05, 4.69) is 34.3 Å². The van der Waals surface area contributed by atoms with Crippen LogP contribution < -0.4 is 15.1 Å². The van der Waals surface area contributed by atoms with Crippen molar-refractivity contribution in [2.45, 2.75) is 45.1 Å². The summed E-state index contributed by atoms with van der Waals surface area (Å²) >= 11 is 0. The van der Waals surface area contributed by atoms with E-state index in [0.29, 0.717) is 19.0 Å². The van der Waals surface area contributed by atoms with Crippen LogP contribution in [-0.2, 0) is 9.59 Å². The number of hydrogen-bond donors (Lipinski definition) is 1. The van der Waals surface area contributed by atoms with Gasteiger partial charge in [-0.3, -0.25) is 9.59 Å². The van der Waals surface area contributed by atoms with Crippen molar-refractivity contribution < 1.29 is 9.59 Å². The molecular weight excluding hydrogens is 340 g/mol. The largest absolute Gasteiger partial charge is 0.369 e. The summed E-state index contributed by atoms with van der Waals surface area (Å²) in [6.45, 7) is 6.15. The molecular formula is C21H32N4O2. The lowest BCUT2D eigenvalue weighted by Gasteiger charge is -2.34. The minimum atomic E-state index is -0.0315. The highest BCUT2D eigenvalue weighted by Crippen LogP contribution is 2.22. The van der Waals surface area contributed by atoms with E-state index in [1.54, 1.807) is 11.8 Å². The fourth-order valence-corrected chi connectivity index (χ4v) is 3.96. The van der Waals surface area contributed by atoms with Crippen molar-refractivity contribution in [2.24, 2.45) is 0 Å². The molecule has 2 aliphatic rings. The van der Waals surface area contributed by atoms with Gasteiger partial charge in [0.15, 0.2) is 0 Å². The monoisotopic (exact) mass is 372 g/mol. The van der Waals surface area contributed by atoms with Gasteiger partial charge in [0.1, 0.15) is 0 Å². The van der Waals surface area contributed by atoms with Crippen molar-refractivity contribution >= 4 is 23.2 Å². The molecule has 1 heterocycles. The van der Waals surface area contributed by atoms with Crippen LogP contribution in [0.1, 0.15) is 39.0 Å². The molecule has 0 aromatic heterocycles. The number of nitrogens with one attached hydrogen (secondary N) is 1. The van der Waals surface area contributed by atoms with Crippen LogP contribution in [0.3, 0.4) is 0 Å². The van der Waals surface area contributed by atoms with Crippen molar-refractivity contribution in [3.8, 4) is 0 Å². The van der Waals surface area contributed by atoms with Gasteiger partial charge in [-0.2, -0.15) is 0 Å². The minimum Gasteiger partial charge on any atom is -0.369 e. The van der Waals surface area contributed by atoms with Gasteiger partial charge >= 0.3 is 0 Å². The van der Waals surface area contributed by atoms with Crippen LogP contribution in [0.5, 0.6) is 0 Å². The van der Waals surface area contributed by atoms with E-state index < -0.39 is 0 Å². The average molecular weight is 373 g/mol. The zero-order valence-electron chi connectivity index (χ0n) is 16.6. The van der Waals surface area contributed by atoms with Gasteiger partial charge in [-0.1, -0.05) is 12.8 Å². The summed E-state index contributed by atoms with van der Waals surface area (Å²) in [7, 11) is 2.15. The summed E-state index contributed by atoms with van der Waals surface area (Å²) in [4.78, 5) is 30.7. The lowest BCUT2D eigenvalue weighted by Crippen LogP contribution is -2.44. The van der Waals surface area contributed by atoms with E-state index in [1.807, 2.05) is 12.1 Å². The zero-order valence-corrected chi connectivity index (χ0v) is 16.6. The number of amides is 2. The number of anilines is 2. The molecule has 0 bridgehead atoms. The molecule has 148 valence electrons. The molecule has 1 N–H and O–H groups in total. The molecule has 6 heteroatoms. The van der Waals surface area contributed by atoms with Crippen molar-refractivity contribution in [2.75, 3.05) is 49.6 Å². The molecule has 1 saturated heterocycles. The fourth-order valence-electron chi connectivity index (χ4n) is 3.96. The van der Waals surface area contributed by atoms with Gasteiger partial charge < -0.3 is 20.0 Å². The van der Waals surface area contributed by atoms with E-state index in [4.69, 9.17) is 0 Å². The standard InChI is InChI=1S/C21H32N4O2/c1-17(26)25(12-11-21(27)22-18-5-3-4-6-18)20-9-7-19(8-10-20)24-15-13-23(2)14-16-24/h7-10,18H,3-6,11-16H2,1-2H3,(H,22,27). The molecule has 1 saturated carbocycles. The molecule has 0 spiro atoms. The summed E-state index contributed by atoms with van der Waals surface area (Å²) in [6.07, 6.45) is 4.90. The maximum atomic E-state index is 12.2. The number of rotatable bonds is 6. The van der Waals surface area contributed by atoms with Crippen LogP contribution in [-0.4, -0.2) is 62.5 Å². The number of carbonyl (C=O) groups excluding carboxylic acids is 2. The molecule has 27 heavy (non-hydrogen) atoms. The van der Waals surface area contributed by atoms with E-state index in [0.717, 1.165) is 44.7 Å². The summed E-state index contributed by atoms with van der Waals surface area (Å²) in [5, 5.41) is 3.09. The second-order valence-electron chi connectivity index (χ2n) is 7.78. The van der Waals surface area contributed by atoms with Crippen molar-refractivity contribution in [1.82, 2.24) is 10.2 Å². The number of piperazine rings is 1. The zero-order chi connectivity index (χ0) is 19.2. The van der Waals surface area contributed by atoms with Crippen molar-refractivity contribution in [1.29, 1.82) is 0 Å². The van der Waals surface area contributed by atoms with E-state index >= 15 is 0 Å². The summed E-state index contributed by atoms with van der Waals surface area (Å²) < 4.78 is 0. The molecule has 2 fully saturated rings. The SMILES string of the molecule is CC(=O)N(CCC(=O)NC1CCCC1)c1ccc(N2CCN(C)CC2)cc1. The van der Waals surface area contributed by atoms with Gasteiger partial charge in [-0.25, -0.2) is 0 Å². The fraction of sp³-hybridized carbons (Fsp3) is 0.619. The second-order valence-corrected chi connectivity index (χ2v) is 7.78. The minimum absolute atomic E-state index is 0.0315. The molecule has 0 unspecified atom stereocenters. The van der Waals surface area contributed by atoms with Gasteiger partial charge in [-0.15, -0.1) is 0 Å². The van der Waals surface area contributed by atoms with Gasteiger partial charge in [0, 0.05) is 63.5 Å².